The van der Waals surface area contributed by atoms with Gasteiger partial charge in [0.2, 0.25) is 0 Å². The van der Waals surface area contributed by atoms with Crippen LogP contribution in [-0.4, -0.2) is 52.3 Å². The summed E-state index contributed by atoms with van der Waals surface area (Å²) in [6.45, 7) is 5.82. The van der Waals surface area contributed by atoms with E-state index in [0.29, 0.717) is 32.1 Å². The number of carbonyl (C=O) groups is 2. The summed E-state index contributed by atoms with van der Waals surface area (Å²) in [5.74, 6) is -0.145. The molecule has 10 heteroatoms. The summed E-state index contributed by atoms with van der Waals surface area (Å²) in [4.78, 5) is 42.9. The molecule has 57 heavy (non-hydrogen) atoms. The Morgan fingerprint density at radius 3 is 1.67 bits per heavy atom. The summed E-state index contributed by atoms with van der Waals surface area (Å²) in [6, 6.07) is 0. The number of hydrogen-bond donors (Lipinski definition) is 3. The third-order valence-electron chi connectivity index (χ3n) is 9.56. The van der Waals surface area contributed by atoms with Gasteiger partial charge in [0.05, 0.1) is 12.7 Å². The minimum atomic E-state index is -4.79. The molecular weight excluding hydrogens is 739 g/mol. The van der Waals surface area contributed by atoms with Crippen molar-refractivity contribution in [1.29, 1.82) is 0 Å². The molecule has 0 aromatic carbocycles. The molecule has 9 nitrogen and oxygen atoms in total. The molecule has 0 aromatic rings. The van der Waals surface area contributed by atoms with Crippen LogP contribution in [0.1, 0.15) is 194 Å². The van der Waals surface area contributed by atoms with Crippen molar-refractivity contribution in [2.24, 2.45) is 5.92 Å². The molecule has 0 aliphatic carbocycles. The Hall–Kier alpha value is -2.29. The van der Waals surface area contributed by atoms with E-state index in [-0.39, 0.29) is 19.4 Å². The van der Waals surface area contributed by atoms with E-state index in [1.54, 1.807) is 6.08 Å². The molecule has 0 saturated carbocycles. The zero-order chi connectivity index (χ0) is 42.1. The summed E-state index contributed by atoms with van der Waals surface area (Å²) in [6.07, 6.45) is 47.0. The number of phosphoric ester groups is 1. The Labute approximate surface area is 348 Å². The number of aliphatic hydroxyl groups excluding tert-OH is 1. The van der Waals surface area contributed by atoms with Crippen LogP contribution in [0.4, 0.5) is 0 Å². The van der Waals surface area contributed by atoms with E-state index in [9.17, 15) is 19.3 Å². The molecule has 1 unspecified atom stereocenters. The zero-order valence-corrected chi connectivity index (χ0v) is 37.1. The first kappa shape index (κ1) is 54.7. The van der Waals surface area contributed by atoms with Gasteiger partial charge in [-0.05, 0) is 50.9 Å². The average Bonchev–Trinajstić information content (AvgIpc) is 3.16. The van der Waals surface area contributed by atoms with Crippen molar-refractivity contribution < 1.29 is 43.0 Å². The van der Waals surface area contributed by atoms with E-state index < -0.39 is 38.6 Å². The van der Waals surface area contributed by atoms with E-state index in [4.69, 9.17) is 19.3 Å². The molecule has 330 valence electrons. The van der Waals surface area contributed by atoms with E-state index >= 15 is 0 Å². The van der Waals surface area contributed by atoms with Crippen molar-refractivity contribution >= 4 is 19.8 Å². The lowest BCUT2D eigenvalue weighted by Crippen LogP contribution is -2.29. The quantitative estimate of drug-likeness (QED) is 0.0181. The highest BCUT2D eigenvalue weighted by Gasteiger charge is 2.22. The maximum absolute atomic E-state index is 12.4. The molecule has 0 aromatic heterocycles. The van der Waals surface area contributed by atoms with Crippen LogP contribution in [0.3, 0.4) is 0 Å². The highest BCUT2D eigenvalue weighted by Crippen LogP contribution is 2.36. The van der Waals surface area contributed by atoms with Crippen LogP contribution in [0, 0.1) is 5.92 Å². The molecule has 0 fully saturated rings. The molecule has 0 rings (SSSR count). The Morgan fingerprint density at radius 1 is 0.596 bits per heavy atom. The molecule has 0 bridgehead atoms. The standard InChI is InChI=1S/C47H83O9P/c1-4-5-6-7-27-32-37-44(48)38-33-28-23-20-21-25-30-35-40-47(50)56-45(42-55-57(51,52)53)41-54-46(49)39-34-29-24-19-17-15-13-11-9-8-10-12-14-16-18-22-26-31-36-43(2)3/h5-6,21,23,25,27-28,32-33,38,43-45,48H,4,7-20,22,24,26,29-31,34-37,39-42H2,1-3H3,(H2,51,52,53)/b6-5-,25-21-,28-23-,32-27-,38-33+/t44?,45-/m1/s1. The fraction of sp³-hybridized carbons (Fsp3) is 0.745. The van der Waals surface area contributed by atoms with Gasteiger partial charge in [0.1, 0.15) is 6.61 Å². The fourth-order valence-electron chi connectivity index (χ4n) is 6.21. The Kier molecular flexibility index (Phi) is 38.9. The number of hydrogen-bond acceptors (Lipinski definition) is 7. The van der Waals surface area contributed by atoms with Gasteiger partial charge < -0.3 is 24.4 Å². The predicted octanol–water partition coefficient (Wildman–Crippen LogP) is 12.9. The second-order valence-electron chi connectivity index (χ2n) is 15.7. The van der Waals surface area contributed by atoms with Crippen LogP contribution in [-0.2, 0) is 28.2 Å². The third kappa shape index (κ3) is 44.7. The van der Waals surface area contributed by atoms with Crippen LogP contribution in [0.5, 0.6) is 0 Å². The van der Waals surface area contributed by atoms with E-state index in [1.807, 2.05) is 42.5 Å². The molecule has 2 atom stereocenters. The van der Waals surface area contributed by atoms with Crippen molar-refractivity contribution in [1.82, 2.24) is 0 Å². The van der Waals surface area contributed by atoms with Gasteiger partial charge in [-0.2, -0.15) is 0 Å². The smallest absolute Gasteiger partial charge is 0.462 e. The molecule has 0 aliphatic heterocycles. The van der Waals surface area contributed by atoms with Gasteiger partial charge in [0.15, 0.2) is 6.10 Å². The lowest BCUT2D eigenvalue weighted by Gasteiger charge is -2.18. The maximum Gasteiger partial charge on any atom is 0.469 e. The third-order valence-corrected chi connectivity index (χ3v) is 10.0. The van der Waals surface area contributed by atoms with Crippen LogP contribution in [0.25, 0.3) is 0 Å². The van der Waals surface area contributed by atoms with Gasteiger partial charge in [-0.3, -0.25) is 14.1 Å². The highest BCUT2D eigenvalue weighted by molar-refractivity contribution is 7.46. The van der Waals surface area contributed by atoms with Crippen molar-refractivity contribution in [3.8, 4) is 0 Å². The molecule has 0 amide bonds. The summed E-state index contributed by atoms with van der Waals surface area (Å²) >= 11 is 0. The van der Waals surface area contributed by atoms with Gasteiger partial charge in [-0.25, -0.2) is 4.57 Å². The first-order valence-corrected chi connectivity index (χ1v) is 24.1. The monoisotopic (exact) mass is 823 g/mol. The van der Waals surface area contributed by atoms with Crippen molar-refractivity contribution in [2.45, 2.75) is 206 Å². The molecule has 0 heterocycles. The number of unbranched alkanes of at least 4 members (excludes halogenated alkanes) is 18. The molecule has 3 N–H and O–H groups in total. The summed E-state index contributed by atoms with van der Waals surface area (Å²) < 4.78 is 26.4. The van der Waals surface area contributed by atoms with Crippen LogP contribution < -0.4 is 0 Å². The van der Waals surface area contributed by atoms with Gasteiger partial charge in [0, 0.05) is 12.8 Å². The Bertz CT molecular complexity index is 1140. The second kappa shape index (κ2) is 40.5. The van der Waals surface area contributed by atoms with E-state index in [1.165, 1.54) is 96.3 Å². The number of allylic oxidation sites excluding steroid dienone is 8. The van der Waals surface area contributed by atoms with Gasteiger partial charge in [-0.1, -0.05) is 197 Å². The van der Waals surface area contributed by atoms with Gasteiger partial charge >= 0.3 is 19.8 Å². The number of phosphoric acid groups is 1. The Morgan fingerprint density at radius 2 is 1.11 bits per heavy atom. The topological polar surface area (TPSA) is 140 Å². The van der Waals surface area contributed by atoms with E-state index in [2.05, 4.69) is 37.4 Å². The second-order valence-corrected chi connectivity index (χ2v) is 16.9. The van der Waals surface area contributed by atoms with Crippen molar-refractivity contribution in [3.05, 3.63) is 60.8 Å². The lowest BCUT2D eigenvalue weighted by atomic mass is 10.0. The van der Waals surface area contributed by atoms with Gasteiger partial charge in [-0.15, -0.1) is 0 Å². The maximum atomic E-state index is 12.4. The minimum Gasteiger partial charge on any atom is -0.462 e. The normalized spacial score (nSPS) is 13.7. The van der Waals surface area contributed by atoms with E-state index in [0.717, 1.165) is 38.0 Å². The first-order valence-electron chi connectivity index (χ1n) is 22.5. The van der Waals surface area contributed by atoms with Gasteiger partial charge in [0.25, 0.3) is 0 Å². The number of esters is 2. The molecular formula is C47H83O9P. The number of rotatable bonds is 40. The Balaban J connectivity index is 3.99. The number of aliphatic hydroxyl groups is 1. The largest absolute Gasteiger partial charge is 0.469 e. The average molecular weight is 823 g/mol. The first-order chi connectivity index (χ1) is 27.5. The molecule has 0 spiro atoms. The summed E-state index contributed by atoms with van der Waals surface area (Å²) in [5, 5.41) is 9.99. The molecule has 0 radical (unpaired) electrons. The predicted molar refractivity (Wildman–Crippen MR) is 236 cm³/mol. The number of ether oxygens (including phenoxy) is 2. The van der Waals surface area contributed by atoms with Crippen molar-refractivity contribution in [2.75, 3.05) is 13.2 Å². The lowest BCUT2D eigenvalue weighted by molar-refractivity contribution is -0.161. The molecule has 0 aliphatic rings. The van der Waals surface area contributed by atoms with Crippen molar-refractivity contribution in [3.63, 3.8) is 0 Å². The van der Waals surface area contributed by atoms with Crippen LogP contribution >= 0.6 is 7.82 Å². The fourth-order valence-corrected chi connectivity index (χ4v) is 6.57. The summed E-state index contributed by atoms with van der Waals surface area (Å²) in [7, 11) is -4.79. The number of carbonyl (C=O) groups excluding carboxylic acids is 2. The zero-order valence-electron chi connectivity index (χ0n) is 36.2. The minimum absolute atomic E-state index is 0.101. The van der Waals surface area contributed by atoms with Crippen LogP contribution in [0.2, 0.25) is 0 Å². The molecule has 0 saturated heterocycles. The SMILES string of the molecule is CC/C=C\C/C=C\CC(O)/C=C/C=C\C/C=C\CCCC(=O)O[C@H](COC(=O)CCCCCCCCCCCCCCCCCCCCC(C)C)COP(=O)(O)O. The summed E-state index contributed by atoms with van der Waals surface area (Å²) in [5.41, 5.74) is 0. The highest BCUT2D eigenvalue weighted by atomic mass is 31.2. The van der Waals surface area contributed by atoms with Crippen LogP contribution in [0.15, 0.2) is 60.8 Å².